The number of alkyl halides is 3. The zero-order valence-electron chi connectivity index (χ0n) is 11.5. The van der Waals surface area contributed by atoms with E-state index in [0.717, 1.165) is 38.1 Å². The molecule has 3 N–H and O–H groups in total. The van der Waals surface area contributed by atoms with Crippen LogP contribution >= 0.6 is 0 Å². The van der Waals surface area contributed by atoms with Crippen molar-refractivity contribution < 1.29 is 18.0 Å². The Morgan fingerprint density at radius 2 is 2.00 bits per heavy atom. The van der Waals surface area contributed by atoms with Gasteiger partial charge in [-0.05, 0) is 56.1 Å². The van der Waals surface area contributed by atoms with Gasteiger partial charge in [0.15, 0.2) is 0 Å². The van der Waals surface area contributed by atoms with Crippen LogP contribution in [0.15, 0.2) is 24.3 Å². The molecule has 0 radical (unpaired) electrons. The van der Waals surface area contributed by atoms with Crippen molar-refractivity contribution in [2.75, 3.05) is 25.0 Å². The molecule has 0 spiro atoms. The van der Waals surface area contributed by atoms with E-state index in [-0.39, 0.29) is 0 Å². The van der Waals surface area contributed by atoms with E-state index in [2.05, 4.69) is 16.0 Å². The highest BCUT2D eigenvalue weighted by Crippen LogP contribution is 2.29. The first kappa shape index (κ1) is 15.6. The van der Waals surface area contributed by atoms with Crippen LogP contribution in [0, 0.1) is 5.92 Å². The summed E-state index contributed by atoms with van der Waals surface area (Å²) in [4.78, 5) is 11.7. The third-order valence-electron chi connectivity index (χ3n) is 3.42. The number of hydrogen-bond acceptors (Lipinski definition) is 2. The van der Waals surface area contributed by atoms with E-state index in [1.165, 1.54) is 12.1 Å². The number of carbonyl (C=O) groups is 1. The van der Waals surface area contributed by atoms with Gasteiger partial charge in [-0.15, -0.1) is 0 Å². The first-order valence-corrected chi connectivity index (χ1v) is 6.88. The number of piperidine rings is 1. The number of halogens is 3. The number of amides is 2. The molecule has 116 valence electrons. The number of rotatable bonds is 3. The molecule has 2 rings (SSSR count). The van der Waals surface area contributed by atoms with Crippen molar-refractivity contribution >= 4 is 11.7 Å². The molecular formula is C14H18F3N3O. The minimum absolute atomic E-state index is 0.335. The molecule has 1 saturated heterocycles. The van der Waals surface area contributed by atoms with Crippen molar-refractivity contribution in [3.05, 3.63) is 29.8 Å². The lowest BCUT2D eigenvalue weighted by atomic mass is 10.00. The first-order chi connectivity index (χ1) is 9.95. The molecule has 0 saturated carbocycles. The lowest BCUT2D eigenvalue weighted by molar-refractivity contribution is -0.137. The second kappa shape index (κ2) is 6.80. The fraction of sp³-hybridized carbons (Fsp3) is 0.500. The SMILES string of the molecule is O=C(NCC1CCCNC1)Nc1ccc(C(F)(F)F)cc1. The Hall–Kier alpha value is -1.76. The zero-order valence-corrected chi connectivity index (χ0v) is 11.5. The summed E-state index contributed by atoms with van der Waals surface area (Å²) in [5.74, 6) is 0.400. The molecule has 0 aromatic heterocycles. The average molecular weight is 301 g/mol. The quantitative estimate of drug-likeness (QED) is 0.804. The molecule has 1 aliphatic heterocycles. The zero-order chi connectivity index (χ0) is 15.3. The van der Waals surface area contributed by atoms with Crippen LogP contribution < -0.4 is 16.0 Å². The molecule has 1 aromatic rings. The van der Waals surface area contributed by atoms with E-state index in [0.29, 0.717) is 18.2 Å². The van der Waals surface area contributed by atoms with Crippen LogP contribution in [0.5, 0.6) is 0 Å². The van der Waals surface area contributed by atoms with Gasteiger partial charge in [-0.3, -0.25) is 0 Å². The summed E-state index contributed by atoms with van der Waals surface area (Å²) in [5.41, 5.74) is -0.399. The van der Waals surface area contributed by atoms with Gasteiger partial charge in [0.05, 0.1) is 5.56 Å². The summed E-state index contributed by atoms with van der Waals surface area (Å²) in [6, 6.07) is 3.97. The van der Waals surface area contributed by atoms with E-state index < -0.39 is 17.8 Å². The summed E-state index contributed by atoms with van der Waals surface area (Å²) in [7, 11) is 0. The van der Waals surface area contributed by atoms with E-state index in [4.69, 9.17) is 0 Å². The molecule has 1 fully saturated rings. The van der Waals surface area contributed by atoms with Gasteiger partial charge in [-0.2, -0.15) is 13.2 Å². The number of nitrogens with one attached hydrogen (secondary N) is 3. The smallest absolute Gasteiger partial charge is 0.338 e. The third kappa shape index (κ3) is 4.93. The summed E-state index contributed by atoms with van der Waals surface area (Å²) < 4.78 is 37.2. The average Bonchev–Trinajstić information content (AvgIpc) is 2.46. The Labute approximate surface area is 121 Å². The number of hydrogen-bond donors (Lipinski definition) is 3. The molecule has 0 aliphatic carbocycles. The van der Waals surface area contributed by atoms with E-state index in [1.54, 1.807) is 0 Å². The number of urea groups is 1. The van der Waals surface area contributed by atoms with Crippen molar-refractivity contribution in [3.63, 3.8) is 0 Å². The standard InChI is InChI=1S/C14H18F3N3O/c15-14(16,17)11-3-5-12(6-4-11)20-13(21)19-9-10-2-1-7-18-8-10/h3-6,10,18H,1-2,7-9H2,(H2,19,20,21). The minimum atomic E-state index is -4.37. The van der Waals surface area contributed by atoms with Gasteiger partial charge in [0.1, 0.15) is 0 Å². The van der Waals surface area contributed by atoms with Gasteiger partial charge in [0.2, 0.25) is 0 Å². The predicted octanol–water partition coefficient (Wildman–Crippen LogP) is 2.83. The molecule has 0 bridgehead atoms. The van der Waals surface area contributed by atoms with Crippen LogP contribution in [0.4, 0.5) is 23.7 Å². The molecule has 1 heterocycles. The topological polar surface area (TPSA) is 53.2 Å². The molecule has 1 atom stereocenters. The van der Waals surface area contributed by atoms with Gasteiger partial charge >= 0.3 is 12.2 Å². The van der Waals surface area contributed by atoms with Crippen LogP contribution in [-0.2, 0) is 6.18 Å². The molecule has 1 aliphatic rings. The minimum Gasteiger partial charge on any atom is -0.338 e. The van der Waals surface area contributed by atoms with Gasteiger partial charge in [0, 0.05) is 12.2 Å². The van der Waals surface area contributed by atoms with Crippen molar-refractivity contribution in [3.8, 4) is 0 Å². The summed E-state index contributed by atoms with van der Waals surface area (Å²) in [6.07, 6.45) is -2.21. The van der Waals surface area contributed by atoms with Gasteiger partial charge < -0.3 is 16.0 Å². The first-order valence-electron chi connectivity index (χ1n) is 6.88. The second-order valence-electron chi connectivity index (χ2n) is 5.12. The fourth-order valence-electron chi connectivity index (χ4n) is 2.25. The second-order valence-corrected chi connectivity index (χ2v) is 5.12. The Morgan fingerprint density at radius 3 is 2.57 bits per heavy atom. The largest absolute Gasteiger partial charge is 0.416 e. The number of anilines is 1. The Morgan fingerprint density at radius 1 is 1.29 bits per heavy atom. The van der Waals surface area contributed by atoms with Crippen molar-refractivity contribution in [1.29, 1.82) is 0 Å². The Kier molecular flexibility index (Phi) is 5.06. The van der Waals surface area contributed by atoms with Crippen molar-refractivity contribution in [2.24, 2.45) is 5.92 Å². The summed E-state index contributed by atoms with van der Waals surface area (Å²) in [6.45, 7) is 2.44. The highest BCUT2D eigenvalue weighted by molar-refractivity contribution is 5.89. The predicted molar refractivity (Wildman–Crippen MR) is 74.1 cm³/mol. The summed E-state index contributed by atoms with van der Waals surface area (Å²) >= 11 is 0. The molecule has 7 heteroatoms. The van der Waals surface area contributed by atoms with Crippen molar-refractivity contribution in [1.82, 2.24) is 10.6 Å². The Bertz CT molecular complexity index is 467. The molecule has 1 unspecified atom stereocenters. The molecule has 4 nitrogen and oxygen atoms in total. The normalized spacial score (nSPS) is 19.1. The fourth-order valence-corrected chi connectivity index (χ4v) is 2.25. The van der Waals surface area contributed by atoms with Crippen LogP contribution in [0.2, 0.25) is 0 Å². The highest BCUT2D eigenvalue weighted by Gasteiger charge is 2.29. The van der Waals surface area contributed by atoms with Gasteiger partial charge in [-0.1, -0.05) is 0 Å². The lowest BCUT2D eigenvalue weighted by Gasteiger charge is -2.22. The van der Waals surface area contributed by atoms with Crippen LogP contribution in [0.25, 0.3) is 0 Å². The third-order valence-corrected chi connectivity index (χ3v) is 3.42. The monoisotopic (exact) mass is 301 g/mol. The van der Waals surface area contributed by atoms with Gasteiger partial charge in [0.25, 0.3) is 0 Å². The van der Waals surface area contributed by atoms with Crippen LogP contribution in [0.3, 0.4) is 0 Å². The highest BCUT2D eigenvalue weighted by atomic mass is 19.4. The van der Waals surface area contributed by atoms with E-state index in [9.17, 15) is 18.0 Å². The van der Waals surface area contributed by atoms with E-state index in [1.807, 2.05) is 0 Å². The summed E-state index contributed by atoms with van der Waals surface area (Å²) in [5, 5.41) is 8.51. The molecule has 1 aromatic carbocycles. The number of benzene rings is 1. The van der Waals surface area contributed by atoms with Crippen LogP contribution in [-0.4, -0.2) is 25.7 Å². The van der Waals surface area contributed by atoms with Crippen molar-refractivity contribution in [2.45, 2.75) is 19.0 Å². The lowest BCUT2D eigenvalue weighted by Crippen LogP contribution is -2.39. The van der Waals surface area contributed by atoms with E-state index >= 15 is 0 Å². The molecule has 21 heavy (non-hydrogen) atoms. The number of carbonyl (C=O) groups excluding carboxylic acids is 1. The maximum Gasteiger partial charge on any atom is 0.416 e. The van der Waals surface area contributed by atoms with Crippen LogP contribution in [0.1, 0.15) is 18.4 Å². The maximum atomic E-state index is 12.4. The molecular weight excluding hydrogens is 283 g/mol. The van der Waals surface area contributed by atoms with Gasteiger partial charge in [-0.25, -0.2) is 4.79 Å². The molecule has 2 amide bonds. The Balaban J connectivity index is 1.79. The maximum absolute atomic E-state index is 12.4.